The molecule has 0 aliphatic heterocycles. The Kier molecular flexibility index (Phi) is 5.22. The monoisotopic (exact) mass is 317 g/mol. The lowest BCUT2D eigenvalue weighted by molar-refractivity contribution is 0.0691. The first-order chi connectivity index (χ1) is 9.64. The second-order valence-corrected chi connectivity index (χ2v) is 6.79. The molecule has 0 aliphatic carbocycles. The van der Waals surface area contributed by atoms with E-state index in [0.29, 0.717) is 19.3 Å². The molecular formula is C14H23NO5S. The normalized spacial score (nSPS) is 12.6. The maximum absolute atomic E-state index is 12.6. The lowest BCUT2D eigenvalue weighted by atomic mass is 9.91. The molecule has 0 aliphatic rings. The maximum Gasteiger partial charge on any atom is 0.340 e. The van der Waals surface area contributed by atoms with Crippen LogP contribution in [0.5, 0.6) is 0 Å². The summed E-state index contributed by atoms with van der Waals surface area (Å²) in [5.74, 6) is -1.12. The van der Waals surface area contributed by atoms with Crippen LogP contribution in [0.2, 0.25) is 0 Å². The van der Waals surface area contributed by atoms with Gasteiger partial charge in [0.25, 0.3) is 0 Å². The SMILES string of the molecule is CCC(CC)(CC)NS(=O)(=O)c1c(C)oc(C)c1C(=O)O. The van der Waals surface area contributed by atoms with E-state index in [4.69, 9.17) is 4.42 Å². The van der Waals surface area contributed by atoms with Gasteiger partial charge in [-0.2, -0.15) is 0 Å². The summed E-state index contributed by atoms with van der Waals surface area (Å²) in [7, 11) is -3.96. The van der Waals surface area contributed by atoms with Crippen LogP contribution in [0.1, 0.15) is 61.9 Å². The molecule has 21 heavy (non-hydrogen) atoms. The molecule has 1 aromatic heterocycles. The molecule has 7 heteroatoms. The molecule has 6 nitrogen and oxygen atoms in total. The molecule has 2 N–H and O–H groups in total. The molecule has 0 saturated heterocycles. The third kappa shape index (κ3) is 3.29. The summed E-state index contributed by atoms with van der Waals surface area (Å²) in [6.07, 6.45) is 1.87. The first-order valence-corrected chi connectivity index (χ1v) is 8.49. The molecule has 0 aromatic carbocycles. The second-order valence-electron chi connectivity index (χ2n) is 5.17. The van der Waals surface area contributed by atoms with Crippen LogP contribution in [-0.2, 0) is 10.0 Å². The Morgan fingerprint density at radius 3 is 2.00 bits per heavy atom. The van der Waals surface area contributed by atoms with E-state index in [2.05, 4.69) is 4.72 Å². The second kappa shape index (κ2) is 6.19. The van der Waals surface area contributed by atoms with Gasteiger partial charge in [0, 0.05) is 5.54 Å². The van der Waals surface area contributed by atoms with Crippen LogP contribution in [0.4, 0.5) is 0 Å². The smallest absolute Gasteiger partial charge is 0.340 e. The van der Waals surface area contributed by atoms with Crippen molar-refractivity contribution in [1.82, 2.24) is 4.72 Å². The van der Waals surface area contributed by atoms with Crippen molar-refractivity contribution in [3.63, 3.8) is 0 Å². The van der Waals surface area contributed by atoms with Gasteiger partial charge in [-0.05, 0) is 33.1 Å². The minimum atomic E-state index is -3.96. The van der Waals surface area contributed by atoms with Gasteiger partial charge < -0.3 is 9.52 Å². The van der Waals surface area contributed by atoms with Crippen LogP contribution in [0, 0.1) is 13.8 Å². The van der Waals surface area contributed by atoms with Crippen molar-refractivity contribution in [1.29, 1.82) is 0 Å². The van der Waals surface area contributed by atoms with Crippen molar-refractivity contribution in [2.75, 3.05) is 0 Å². The molecule has 0 amide bonds. The summed E-state index contributed by atoms with van der Waals surface area (Å²) in [6.45, 7) is 8.62. The lowest BCUT2D eigenvalue weighted by Gasteiger charge is -2.31. The molecule has 0 atom stereocenters. The average Bonchev–Trinajstić information content (AvgIpc) is 2.72. The highest BCUT2D eigenvalue weighted by molar-refractivity contribution is 7.89. The Labute approximate surface area is 125 Å². The Hall–Kier alpha value is -1.34. The quantitative estimate of drug-likeness (QED) is 0.806. The minimum Gasteiger partial charge on any atom is -0.478 e. The van der Waals surface area contributed by atoms with E-state index in [9.17, 15) is 18.3 Å². The summed E-state index contributed by atoms with van der Waals surface area (Å²) in [5, 5.41) is 9.24. The number of hydrogen-bond acceptors (Lipinski definition) is 4. The molecule has 1 rings (SSSR count). The third-order valence-electron chi connectivity index (χ3n) is 4.07. The third-order valence-corrected chi connectivity index (χ3v) is 5.80. The van der Waals surface area contributed by atoms with Gasteiger partial charge in [0.1, 0.15) is 22.0 Å². The van der Waals surface area contributed by atoms with Crippen molar-refractivity contribution in [2.45, 2.75) is 64.3 Å². The molecule has 0 radical (unpaired) electrons. The zero-order chi connectivity index (χ0) is 16.4. The number of nitrogens with one attached hydrogen (secondary N) is 1. The number of sulfonamides is 1. The zero-order valence-corrected chi connectivity index (χ0v) is 13.9. The number of furan rings is 1. The number of carboxylic acid groups (broad SMARTS) is 1. The van der Waals surface area contributed by atoms with E-state index in [1.165, 1.54) is 13.8 Å². The van der Waals surface area contributed by atoms with Crippen LogP contribution >= 0.6 is 0 Å². The fraction of sp³-hybridized carbons (Fsp3) is 0.643. The summed E-state index contributed by atoms with van der Waals surface area (Å²) in [6, 6.07) is 0. The minimum absolute atomic E-state index is 0.0922. The largest absolute Gasteiger partial charge is 0.478 e. The summed E-state index contributed by atoms with van der Waals surface area (Å²) in [4.78, 5) is 11.1. The van der Waals surface area contributed by atoms with Crippen LogP contribution in [0.15, 0.2) is 9.31 Å². The highest BCUT2D eigenvalue weighted by atomic mass is 32.2. The molecule has 0 spiro atoms. The number of carbonyl (C=O) groups is 1. The molecule has 0 unspecified atom stereocenters. The molecule has 0 fully saturated rings. The first-order valence-electron chi connectivity index (χ1n) is 7.01. The highest BCUT2D eigenvalue weighted by Gasteiger charge is 2.36. The first kappa shape index (κ1) is 17.7. The highest BCUT2D eigenvalue weighted by Crippen LogP contribution is 2.29. The van der Waals surface area contributed by atoms with Crippen molar-refractivity contribution in [2.24, 2.45) is 0 Å². The van der Waals surface area contributed by atoms with Crippen LogP contribution in [0.25, 0.3) is 0 Å². The Balaban J connectivity index is 3.42. The van der Waals surface area contributed by atoms with E-state index < -0.39 is 21.5 Å². The Morgan fingerprint density at radius 1 is 1.14 bits per heavy atom. The van der Waals surface area contributed by atoms with E-state index in [1.807, 2.05) is 20.8 Å². The van der Waals surface area contributed by atoms with E-state index in [1.54, 1.807) is 0 Å². The molecule has 0 saturated carbocycles. The molecule has 120 valence electrons. The predicted molar refractivity (Wildman–Crippen MR) is 79.1 cm³/mol. The van der Waals surface area contributed by atoms with E-state index in [0.717, 1.165) is 0 Å². The molecular weight excluding hydrogens is 294 g/mol. The summed E-state index contributed by atoms with van der Waals surface area (Å²) < 4.78 is 33.2. The van der Waals surface area contributed by atoms with Crippen LogP contribution < -0.4 is 4.72 Å². The zero-order valence-electron chi connectivity index (χ0n) is 13.1. The number of hydrogen-bond donors (Lipinski definition) is 2. The van der Waals surface area contributed by atoms with Gasteiger partial charge in [-0.3, -0.25) is 0 Å². The molecule has 0 bridgehead atoms. The Bertz CT molecular complexity index is 618. The lowest BCUT2D eigenvalue weighted by Crippen LogP contribution is -2.47. The number of carboxylic acids is 1. The standard InChI is InChI=1S/C14H23NO5S/c1-6-14(7-2,8-3)15-21(18,19)12-10(5)20-9(4)11(12)13(16)17/h15H,6-8H2,1-5H3,(H,16,17). The average molecular weight is 317 g/mol. The van der Waals surface area contributed by atoms with Gasteiger partial charge in [-0.1, -0.05) is 20.8 Å². The predicted octanol–water partition coefficient (Wildman–Crippen LogP) is 2.84. The number of aromatic carboxylic acids is 1. The van der Waals surface area contributed by atoms with E-state index in [-0.39, 0.29) is 22.0 Å². The van der Waals surface area contributed by atoms with Crippen LogP contribution in [-0.4, -0.2) is 25.0 Å². The van der Waals surface area contributed by atoms with Gasteiger partial charge in [0.2, 0.25) is 10.0 Å². The van der Waals surface area contributed by atoms with Gasteiger partial charge in [0.15, 0.2) is 0 Å². The van der Waals surface area contributed by atoms with Gasteiger partial charge in [-0.15, -0.1) is 0 Å². The van der Waals surface area contributed by atoms with Gasteiger partial charge in [-0.25, -0.2) is 17.9 Å². The van der Waals surface area contributed by atoms with Crippen molar-refractivity contribution < 1.29 is 22.7 Å². The molecule has 1 heterocycles. The number of rotatable bonds is 7. The maximum atomic E-state index is 12.6. The molecule has 1 aromatic rings. The summed E-state index contributed by atoms with van der Waals surface area (Å²) in [5.41, 5.74) is -0.871. The fourth-order valence-electron chi connectivity index (χ4n) is 2.54. The van der Waals surface area contributed by atoms with Gasteiger partial charge >= 0.3 is 5.97 Å². The fourth-order valence-corrected chi connectivity index (χ4v) is 4.56. The number of aryl methyl sites for hydroxylation is 2. The summed E-state index contributed by atoms with van der Waals surface area (Å²) >= 11 is 0. The van der Waals surface area contributed by atoms with Crippen molar-refractivity contribution in [3.05, 3.63) is 17.1 Å². The van der Waals surface area contributed by atoms with Crippen molar-refractivity contribution in [3.8, 4) is 0 Å². The van der Waals surface area contributed by atoms with E-state index >= 15 is 0 Å². The Morgan fingerprint density at radius 2 is 1.62 bits per heavy atom. The van der Waals surface area contributed by atoms with Crippen LogP contribution in [0.3, 0.4) is 0 Å². The van der Waals surface area contributed by atoms with Gasteiger partial charge in [0.05, 0.1) is 0 Å². The van der Waals surface area contributed by atoms with Crippen molar-refractivity contribution >= 4 is 16.0 Å². The topological polar surface area (TPSA) is 96.6 Å².